The predicted molar refractivity (Wildman–Crippen MR) is 76.9 cm³/mol. The van der Waals surface area contributed by atoms with Crippen LogP contribution in [0.25, 0.3) is 0 Å². The van der Waals surface area contributed by atoms with Gasteiger partial charge in [-0.25, -0.2) is 0 Å². The van der Waals surface area contributed by atoms with Crippen LogP contribution in [0.1, 0.15) is 34.2 Å². The van der Waals surface area contributed by atoms with Gasteiger partial charge in [0.05, 0.1) is 24.5 Å². The third kappa shape index (κ3) is 2.59. The highest BCUT2D eigenvalue weighted by atomic mass is 79.9. The Morgan fingerprint density at radius 2 is 2.11 bits per heavy atom. The Hall–Kier alpha value is -1.55. The summed E-state index contributed by atoms with van der Waals surface area (Å²) >= 11 is 3.45. The predicted octanol–water partition coefficient (Wildman–Crippen LogP) is 4.15. The van der Waals surface area contributed by atoms with Crippen molar-refractivity contribution in [3.05, 3.63) is 51.4 Å². The van der Waals surface area contributed by atoms with Crippen LogP contribution in [-0.2, 0) is 6.42 Å². The first-order valence-corrected chi connectivity index (χ1v) is 6.83. The fourth-order valence-electron chi connectivity index (χ4n) is 1.96. The van der Waals surface area contributed by atoms with Gasteiger partial charge in [0.25, 0.3) is 0 Å². The van der Waals surface area contributed by atoms with Gasteiger partial charge in [0.2, 0.25) is 0 Å². The second-order valence-electron chi connectivity index (χ2n) is 4.24. The molecule has 0 spiro atoms. The van der Waals surface area contributed by atoms with Gasteiger partial charge in [0, 0.05) is 10.9 Å². The molecule has 0 atom stereocenters. The molecule has 0 aliphatic carbocycles. The molecule has 0 aliphatic rings. The number of methoxy groups -OCH3 is 1. The summed E-state index contributed by atoms with van der Waals surface area (Å²) in [6.45, 7) is 3.91. The number of ether oxygens (including phenoxy) is 1. The quantitative estimate of drug-likeness (QED) is 0.794. The van der Waals surface area contributed by atoms with Gasteiger partial charge in [-0.05, 0) is 30.7 Å². The molecule has 19 heavy (non-hydrogen) atoms. The number of furan rings is 1. The molecule has 1 aromatic carbocycles. The van der Waals surface area contributed by atoms with Gasteiger partial charge in [-0.1, -0.05) is 22.9 Å². The molecule has 0 N–H and O–H groups in total. The highest BCUT2D eigenvalue weighted by molar-refractivity contribution is 9.10. The molecule has 2 rings (SSSR count). The van der Waals surface area contributed by atoms with Gasteiger partial charge in [-0.2, -0.15) is 0 Å². The lowest BCUT2D eigenvalue weighted by atomic mass is 10.0. The molecule has 2 aromatic rings. The number of rotatable bonds is 4. The third-order valence-electron chi connectivity index (χ3n) is 3.04. The zero-order valence-electron chi connectivity index (χ0n) is 11.1. The van der Waals surface area contributed by atoms with Gasteiger partial charge in [-0.15, -0.1) is 0 Å². The van der Waals surface area contributed by atoms with Crippen LogP contribution in [0, 0.1) is 6.92 Å². The third-order valence-corrected chi connectivity index (χ3v) is 3.89. The molecule has 0 saturated carbocycles. The second-order valence-corrected chi connectivity index (χ2v) is 5.10. The molecule has 0 saturated heterocycles. The molecular formula is C15H15BrO3. The summed E-state index contributed by atoms with van der Waals surface area (Å²) in [4.78, 5) is 12.6. The lowest BCUT2D eigenvalue weighted by Gasteiger charge is -2.10. The molecule has 0 radical (unpaired) electrons. The van der Waals surface area contributed by atoms with Crippen molar-refractivity contribution in [3.63, 3.8) is 0 Å². The number of hydrogen-bond acceptors (Lipinski definition) is 3. The van der Waals surface area contributed by atoms with E-state index in [2.05, 4.69) is 15.9 Å². The number of carbonyl (C=O) groups is 1. The number of hydrogen-bond donors (Lipinski definition) is 0. The van der Waals surface area contributed by atoms with E-state index in [4.69, 9.17) is 9.15 Å². The molecule has 4 heteroatoms. The molecule has 1 aromatic heterocycles. The SMILES string of the molecule is CCc1occc1C(=O)c1cc(Br)c(C)cc1OC. The summed E-state index contributed by atoms with van der Waals surface area (Å²) in [7, 11) is 1.57. The lowest BCUT2D eigenvalue weighted by molar-refractivity contribution is 0.103. The van der Waals surface area contributed by atoms with Gasteiger partial charge >= 0.3 is 0 Å². The van der Waals surface area contributed by atoms with Gasteiger partial charge in [-0.3, -0.25) is 4.79 Å². The van der Waals surface area contributed by atoms with Crippen LogP contribution in [0.15, 0.2) is 33.4 Å². The Morgan fingerprint density at radius 3 is 2.74 bits per heavy atom. The summed E-state index contributed by atoms with van der Waals surface area (Å²) < 4.78 is 11.5. The second kappa shape index (κ2) is 5.61. The van der Waals surface area contributed by atoms with Crippen molar-refractivity contribution in [3.8, 4) is 5.75 Å². The highest BCUT2D eigenvalue weighted by Gasteiger charge is 2.20. The van der Waals surface area contributed by atoms with Crippen LogP contribution in [0.4, 0.5) is 0 Å². The smallest absolute Gasteiger partial charge is 0.200 e. The molecule has 0 bridgehead atoms. The maximum Gasteiger partial charge on any atom is 0.200 e. The standard InChI is InChI=1S/C15H15BrO3/c1-4-13-10(5-6-19-13)15(17)11-8-12(16)9(2)7-14(11)18-3/h5-8H,4H2,1-3H3. The average molecular weight is 323 g/mol. The number of carbonyl (C=O) groups excluding carboxylic acids is 1. The van der Waals surface area contributed by atoms with E-state index in [9.17, 15) is 4.79 Å². The molecule has 0 amide bonds. The molecule has 100 valence electrons. The van der Waals surface area contributed by atoms with E-state index < -0.39 is 0 Å². The summed E-state index contributed by atoms with van der Waals surface area (Å²) in [6.07, 6.45) is 2.23. The number of ketones is 1. The van der Waals surface area contributed by atoms with Gasteiger partial charge < -0.3 is 9.15 Å². The molecular weight excluding hydrogens is 308 g/mol. The topological polar surface area (TPSA) is 39.4 Å². The normalized spacial score (nSPS) is 10.5. The van der Waals surface area contributed by atoms with E-state index >= 15 is 0 Å². The summed E-state index contributed by atoms with van der Waals surface area (Å²) in [6, 6.07) is 5.35. The Morgan fingerprint density at radius 1 is 1.37 bits per heavy atom. The zero-order chi connectivity index (χ0) is 14.0. The van der Waals surface area contributed by atoms with Crippen molar-refractivity contribution < 1.29 is 13.9 Å². The van der Waals surface area contributed by atoms with E-state index in [1.807, 2.05) is 19.9 Å². The van der Waals surface area contributed by atoms with Crippen molar-refractivity contribution >= 4 is 21.7 Å². The van der Waals surface area contributed by atoms with Crippen LogP contribution in [0.3, 0.4) is 0 Å². The largest absolute Gasteiger partial charge is 0.496 e. The number of halogens is 1. The highest BCUT2D eigenvalue weighted by Crippen LogP contribution is 2.29. The van der Waals surface area contributed by atoms with E-state index in [0.29, 0.717) is 29.1 Å². The van der Waals surface area contributed by atoms with Gasteiger partial charge in [0.1, 0.15) is 11.5 Å². The van der Waals surface area contributed by atoms with Crippen LogP contribution in [0.5, 0.6) is 5.75 Å². The van der Waals surface area contributed by atoms with Crippen molar-refractivity contribution in [2.45, 2.75) is 20.3 Å². The van der Waals surface area contributed by atoms with Crippen molar-refractivity contribution in [1.29, 1.82) is 0 Å². The first kappa shape index (κ1) is 13.9. The van der Waals surface area contributed by atoms with Crippen LogP contribution in [0.2, 0.25) is 0 Å². The van der Waals surface area contributed by atoms with E-state index in [0.717, 1.165) is 10.0 Å². The summed E-state index contributed by atoms with van der Waals surface area (Å²) in [5, 5.41) is 0. The molecule has 1 heterocycles. The fourth-order valence-corrected chi connectivity index (χ4v) is 2.31. The minimum absolute atomic E-state index is 0.0804. The van der Waals surface area contributed by atoms with E-state index in [1.165, 1.54) is 0 Å². The Kier molecular flexibility index (Phi) is 4.10. The minimum atomic E-state index is -0.0804. The van der Waals surface area contributed by atoms with Gasteiger partial charge in [0.15, 0.2) is 5.78 Å². The van der Waals surface area contributed by atoms with Crippen molar-refractivity contribution in [1.82, 2.24) is 0 Å². The lowest BCUT2D eigenvalue weighted by Crippen LogP contribution is -2.06. The first-order chi connectivity index (χ1) is 9.08. The number of benzene rings is 1. The average Bonchev–Trinajstić information content (AvgIpc) is 2.88. The fraction of sp³-hybridized carbons (Fsp3) is 0.267. The monoisotopic (exact) mass is 322 g/mol. The maximum absolute atomic E-state index is 12.6. The molecule has 0 unspecified atom stereocenters. The Labute approximate surface area is 120 Å². The van der Waals surface area contributed by atoms with Crippen LogP contribution in [-0.4, -0.2) is 12.9 Å². The van der Waals surface area contributed by atoms with Crippen LogP contribution < -0.4 is 4.74 Å². The number of aryl methyl sites for hydroxylation is 2. The summed E-state index contributed by atoms with van der Waals surface area (Å²) in [5.41, 5.74) is 2.16. The molecule has 3 nitrogen and oxygen atoms in total. The molecule has 0 aliphatic heterocycles. The minimum Gasteiger partial charge on any atom is -0.496 e. The maximum atomic E-state index is 12.6. The van der Waals surface area contributed by atoms with E-state index in [-0.39, 0.29) is 5.78 Å². The summed E-state index contributed by atoms with van der Waals surface area (Å²) in [5.74, 6) is 1.20. The van der Waals surface area contributed by atoms with Crippen LogP contribution >= 0.6 is 15.9 Å². The van der Waals surface area contributed by atoms with Crippen molar-refractivity contribution in [2.75, 3.05) is 7.11 Å². The van der Waals surface area contributed by atoms with Crippen molar-refractivity contribution in [2.24, 2.45) is 0 Å². The zero-order valence-corrected chi connectivity index (χ0v) is 12.7. The Bertz CT molecular complexity index is 614. The molecule has 0 fully saturated rings. The first-order valence-electron chi connectivity index (χ1n) is 6.03. The van der Waals surface area contributed by atoms with E-state index in [1.54, 1.807) is 25.5 Å². The Balaban J connectivity index is 2.52.